The molecule has 0 saturated heterocycles. The number of rotatable bonds is 16. The second-order valence-corrected chi connectivity index (χ2v) is 14.8. The third kappa shape index (κ3) is 5.92. The van der Waals surface area contributed by atoms with Gasteiger partial charge in [-0.15, -0.1) is 0 Å². The standard InChI is InChI=1S/C46H46N2O6/c1-4-5-6-7-8-9-10-11-12-13-23-47-43(49)35-18-14-31-33-16-20-37-42-38(21-17-34(40(33)42)32-15-19-36(44(47)50)41(35)39(31)32)46(52)48(45(37)51)24-22-28-25-29(53-2)27-30(26-28)54-3/h14-21,25-27H,4-13,22-24H2,1-3H3. The van der Waals surface area contributed by atoms with Crippen LogP contribution in [0.5, 0.6) is 11.5 Å². The molecule has 54 heavy (non-hydrogen) atoms. The molecule has 0 N–H and O–H groups in total. The van der Waals surface area contributed by atoms with Crippen molar-refractivity contribution in [3.8, 4) is 11.5 Å². The zero-order chi connectivity index (χ0) is 37.5. The Hall–Kier alpha value is -5.50. The fourth-order valence-corrected chi connectivity index (χ4v) is 8.78. The molecule has 6 aromatic rings. The maximum absolute atomic E-state index is 14.0. The average molecular weight is 723 g/mol. The van der Waals surface area contributed by atoms with Crippen molar-refractivity contribution in [2.24, 2.45) is 0 Å². The van der Waals surface area contributed by atoms with Gasteiger partial charge >= 0.3 is 0 Å². The number of carbonyl (C=O) groups excluding carboxylic acids is 4. The first-order valence-electron chi connectivity index (χ1n) is 19.5. The summed E-state index contributed by atoms with van der Waals surface area (Å²) in [6.07, 6.45) is 12.3. The van der Waals surface area contributed by atoms with Crippen LogP contribution in [0, 0.1) is 0 Å². The first-order chi connectivity index (χ1) is 26.4. The van der Waals surface area contributed by atoms with Crippen molar-refractivity contribution in [2.75, 3.05) is 27.3 Å². The van der Waals surface area contributed by atoms with E-state index >= 15 is 0 Å². The maximum atomic E-state index is 14.0. The Morgan fingerprint density at radius 3 is 1.20 bits per heavy atom. The van der Waals surface area contributed by atoms with Crippen LogP contribution in [0.1, 0.15) is 118 Å². The minimum atomic E-state index is -0.333. The van der Waals surface area contributed by atoms with Gasteiger partial charge in [0.1, 0.15) is 11.5 Å². The Kier molecular flexibility index (Phi) is 9.69. The van der Waals surface area contributed by atoms with Crippen LogP contribution in [-0.4, -0.2) is 60.7 Å². The van der Waals surface area contributed by atoms with Crippen LogP contribution in [0.2, 0.25) is 0 Å². The average Bonchev–Trinajstić information content (AvgIpc) is 3.19. The van der Waals surface area contributed by atoms with Crippen molar-refractivity contribution in [3.63, 3.8) is 0 Å². The van der Waals surface area contributed by atoms with Crippen molar-refractivity contribution in [1.82, 2.24) is 9.80 Å². The number of carbonyl (C=O) groups is 4. The summed E-state index contributed by atoms with van der Waals surface area (Å²) in [7, 11) is 3.17. The number of hydrogen-bond donors (Lipinski definition) is 0. The van der Waals surface area contributed by atoms with E-state index in [1.54, 1.807) is 20.3 Å². The number of unbranched alkanes of at least 4 members (excludes halogenated alkanes) is 9. The van der Waals surface area contributed by atoms with Gasteiger partial charge in [-0.3, -0.25) is 29.0 Å². The molecule has 0 fully saturated rings. The predicted molar refractivity (Wildman–Crippen MR) is 213 cm³/mol. The molecule has 4 amide bonds. The minimum Gasteiger partial charge on any atom is -0.497 e. The smallest absolute Gasteiger partial charge is 0.261 e. The van der Waals surface area contributed by atoms with Crippen LogP contribution in [0.15, 0.2) is 66.7 Å². The second-order valence-electron chi connectivity index (χ2n) is 14.8. The Balaban J connectivity index is 1.08. The molecule has 0 saturated carbocycles. The van der Waals surface area contributed by atoms with Crippen LogP contribution in [0.4, 0.5) is 0 Å². The van der Waals surface area contributed by atoms with Crippen LogP contribution in [0.3, 0.4) is 0 Å². The lowest BCUT2D eigenvalue weighted by Crippen LogP contribution is -2.41. The Bertz CT molecular complexity index is 2320. The molecule has 8 rings (SSSR count). The summed E-state index contributed by atoms with van der Waals surface area (Å²) in [4.78, 5) is 58.7. The molecule has 0 bridgehead atoms. The number of benzene rings is 6. The van der Waals surface area contributed by atoms with Gasteiger partial charge in [0.25, 0.3) is 23.6 Å². The summed E-state index contributed by atoms with van der Waals surface area (Å²) in [5.41, 5.74) is 2.94. The van der Waals surface area contributed by atoms with Gasteiger partial charge in [-0.25, -0.2) is 0 Å². The zero-order valence-electron chi connectivity index (χ0n) is 31.4. The molecule has 0 unspecified atom stereocenters. The van der Waals surface area contributed by atoms with E-state index in [1.165, 1.54) is 54.7 Å². The largest absolute Gasteiger partial charge is 0.497 e. The van der Waals surface area contributed by atoms with E-state index in [1.807, 2.05) is 60.7 Å². The third-order valence-electron chi connectivity index (χ3n) is 11.6. The molecule has 6 aromatic carbocycles. The van der Waals surface area contributed by atoms with Crippen LogP contribution in [-0.2, 0) is 6.42 Å². The van der Waals surface area contributed by atoms with Crippen molar-refractivity contribution in [3.05, 3.63) is 94.5 Å². The van der Waals surface area contributed by atoms with E-state index in [0.717, 1.165) is 57.1 Å². The fourth-order valence-electron chi connectivity index (χ4n) is 8.78. The van der Waals surface area contributed by atoms with Crippen LogP contribution >= 0.6 is 0 Å². The third-order valence-corrected chi connectivity index (χ3v) is 11.6. The van der Waals surface area contributed by atoms with Gasteiger partial charge in [0.05, 0.1) is 14.2 Å². The predicted octanol–water partition coefficient (Wildman–Crippen LogP) is 10.1. The number of nitrogens with zero attached hydrogens (tertiary/aromatic N) is 2. The van der Waals surface area contributed by atoms with Gasteiger partial charge in [0.2, 0.25) is 0 Å². The number of methoxy groups -OCH3 is 2. The first-order valence-corrected chi connectivity index (χ1v) is 19.5. The van der Waals surface area contributed by atoms with E-state index in [-0.39, 0.29) is 30.2 Å². The molecule has 0 radical (unpaired) electrons. The minimum absolute atomic E-state index is 0.199. The highest BCUT2D eigenvalue weighted by Crippen LogP contribution is 2.46. The number of fused-ring (bicyclic) bond motifs is 2. The molecule has 0 aliphatic carbocycles. The number of imide groups is 2. The topological polar surface area (TPSA) is 93.2 Å². The molecule has 2 aliphatic rings. The van der Waals surface area contributed by atoms with Gasteiger partial charge < -0.3 is 9.47 Å². The highest BCUT2D eigenvalue weighted by atomic mass is 16.5. The summed E-state index contributed by atoms with van der Waals surface area (Å²) < 4.78 is 10.8. The molecule has 8 nitrogen and oxygen atoms in total. The lowest BCUT2D eigenvalue weighted by molar-refractivity contribution is 0.0594. The Morgan fingerprint density at radius 1 is 0.444 bits per heavy atom. The number of ether oxygens (including phenoxy) is 2. The van der Waals surface area contributed by atoms with Crippen LogP contribution in [0.25, 0.3) is 43.1 Å². The molecule has 0 aromatic heterocycles. The molecule has 8 heteroatoms. The Labute approximate surface area is 315 Å². The lowest BCUT2D eigenvalue weighted by Gasteiger charge is -2.30. The molecule has 0 atom stereocenters. The molecule has 2 heterocycles. The molecular formula is C46H46N2O6. The van der Waals surface area contributed by atoms with E-state index in [4.69, 9.17) is 9.47 Å². The molecule has 2 aliphatic heterocycles. The zero-order valence-corrected chi connectivity index (χ0v) is 31.4. The van der Waals surface area contributed by atoms with E-state index in [2.05, 4.69) is 6.92 Å². The van der Waals surface area contributed by atoms with E-state index in [9.17, 15) is 19.2 Å². The monoisotopic (exact) mass is 722 g/mol. The van der Waals surface area contributed by atoms with Gasteiger partial charge in [-0.1, -0.05) is 89.0 Å². The van der Waals surface area contributed by atoms with Crippen LogP contribution < -0.4 is 9.47 Å². The first kappa shape index (κ1) is 35.5. The normalized spacial score (nSPS) is 14.1. The van der Waals surface area contributed by atoms with Gasteiger partial charge in [-0.2, -0.15) is 0 Å². The molecule has 276 valence electrons. The summed E-state index contributed by atoms with van der Waals surface area (Å²) in [6.45, 7) is 2.85. The summed E-state index contributed by atoms with van der Waals surface area (Å²) in [5.74, 6) is 0.128. The van der Waals surface area contributed by atoms with Crippen molar-refractivity contribution < 1.29 is 28.7 Å². The highest BCUT2D eigenvalue weighted by Gasteiger charge is 2.36. The fraction of sp³-hybridized carbons (Fsp3) is 0.348. The van der Waals surface area contributed by atoms with Crippen molar-refractivity contribution in [1.29, 1.82) is 0 Å². The lowest BCUT2D eigenvalue weighted by atomic mass is 9.82. The van der Waals surface area contributed by atoms with Gasteiger partial charge in [-0.05, 0) is 87.1 Å². The van der Waals surface area contributed by atoms with Gasteiger partial charge in [0, 0.05) is 52.2 Å². The second kappa shape index (κ2) is 14.7. The van der Waals surface area contributed by atoms with Crippen molar-refractivity contribution in [2.45, 2.75) is 77.6 Å². The Morgan fingerprint density at radius 2 is 0.815 bits per heavy atom. The van der Waals surface area contributed by atoms with E-state index in [0.29, 0.717) is 57.5 Å². The number of hydrogen-bond acceptors (Lipinski definition) is 6. The van der Waals surface area contributed by atoms with Crippen molar-refractivity contribution >= 4 is 66.7 Å². The SMILES string of the molecule is CCCCCCCCCCCCN1C(=O)c2ccc3c4ccc5c6c(ccc(c7ccc(c2c37)C1=O)c64)C(=O)N(CCc1cc(OC)cc(OC)c1)C5=O. The van der Waals surface area contributed by atoms with E-state index < -0.39 is 0 Å². The summed E-state index contributed by atoms with van der Waals surface area (Å²) in [5, 5.41) is 6.58. The maximum Gasteiger partial charge on any atom is 0.261 e. The summed E-state index contributed by atoms with van der Waals surface area (Å²) in [6, 6.07) is 20.7. The molecule has 0 spiro atoms. The number of amides is 4. The highest BCUT2D eigenvalue weighted by molar-refractivity contribution is 6.41. The molecular weight excluding hydrogens is 677 g/mol. The van der Waals surface area contributed by atoms with Gasteiger partial charge in [0.15, 0.2) is 0 Å². The quantitative estimate of drug-likeness (QED) is 0.0427. The summed E-state index contributed by atoms with van der Waals surface area (Å²) >= 11 is 0.